The Morgan fingerprint density at radius 2 is 1.97 bits per heavy atom. The number of halogens is 1. The maximum Gasteiger partial charge on any atom is 0.291 e. The molecule has 34 heavy (non-hydrogen) atoms. The maximum absolute atomic E-state index is 12.8. The first kappa shape index (κ1) is 21.9. The molecule has 9 heteroatoms. The highest BCUT2D eigenvalue weighted by molar-refractivity contribution is 6.30. The van der Waals surface area contributed by atoms with Gasteiger partial charge in [0.2, 0.25) is 6.79 Å². The third-order valence-electron chi connectivity index (χ3n) is 5.45. The lowest BCUT2D eigenvalue weighted by molar-refractivity contribution is 0.0992. The normalized spacial score (nSPS) is 12.1. The fraction of sp³-hybridized carbons (Fsp3) is 0.200. The number of furan rings is 1. The van der Waals surface area contributed by atoms with E-state index in [1.807, 2.05) is 42.8 Å². The first-order valence-corrected chi connectivity index (χ1v) is 11.0. The molecule has 0 aliphatic carbocycles. The van der Waals surface area contributed by atoms with Gasteiger partial charge in [-0.3, -0.25) is 9.48 Å². The number of amides is 1. The van der Waals surface area contributed by atoms with Crippen molar-refractivity contribution in [2.45, 2.75) is 27.0 Å². The van der Waals surface area contributed by atoms with Crippen LogP contribution in [0.25, 0.3) is 0 Å². The summed E-state index contributed by atoms with van der Waals surface area (Å²) in [5, 5.41) is 8.15. The number of benzene rings is 2. The maximum atomic E-state index is 12.8. The van der Waals surface area contributed by atoms with Crippen molar-refractivity contribution >= 4 is 23.2 Å². The van der Waals surface area contributed by atoms with Crippen molar-refractivity contribution in [2.24, 2.45) is 0 Å². The Hall–Kier alpha value is -3.91. The number of aromatic nitrogens is 2. The summed E-state index contributed by atoms with van der Waals surface area (Å²) < 4.78 is 23.9. The van der Waals surface area contributed by atoms with E-state index in [0.29, 0.717) is 46.0 Å². The van der Waals surface area contributed by atoms with Gasteiger partial charge >= 0.3 is 0 Å². The van der Waals surface area contributed by atoms with Gasteiger partial charge in [-0.15, -0.1) is 0 Å². The van der Waals surface area contributed by atoms with Gasteiger partial charge in [0.25, 0.3) is 5.91 Å². The number of hydrogen-bond acceptors (Lipinski definition) is 6. The standard InChI is InChI=1S/C25H22ClN3O5/c1-15-24(16(2)29(28-15)12-17-4-3-5-18(26)10-17)27-25(30)22-9-7-20(34-22)13-31-19-6-8-21-23(11-19)33-14-32-21/h3-11H,12-14H2,1-2H3,(H,27,30). The lowest BCUT2D eigenvalue weighted by Gasteiger charge is -2.07. The summed E-state index contributed by atoms with van der Waals surface area (Å²) in [6.45, 7) is 4.68. The second-order valence-electron chi connectivity index (χ2n) is 7.86. The smallest absolute Gasteiger partial charge is 0.291 e. The first-order valence-electron chi connectivity index (χ1n) is 10.7. The molecule has 8 nitrogen and oxygen atoms in total. The minimum Gasteiger partial charge on any atom is -0.486 e. The number of carbonyl (C=O) groups is 1. The summed E-state index contributed by atoms with van der Waals surface area (Å²) in [4.78, 5) is 12.8. The van der Waals surface area contributed by atoms with Crippen LogP contribution < -0.4 is 19.5 Å². The van der Waals surface area contributed by atoms with Gasteiger partial charge in [0.15, 0.2) is 17.3 Å². The quantitative estimate of drug-likeness (QED) is 0.384. The van der Waals surface area contributed by atoms with Crippen LogP contribution in [0.1, 0.15) is 33.3 Å². The minimum atomic E-state index is -0.358. The number of carbonyl (C=O) groups excluding carboxylic acids is 1. The largest absolute Gasteiger partial charge is 0.486 e. The number of nitrogens with one attached hydrogen (secondary N) is 1. The van der Waals surface area contributed by atoms with Gasteiger partial charge in [-0.05, 0) is 55.8 Å². The van der Waals surface area contributed by atoms with E-state index in [1.54, 1.807) is 30.3 Å². The van der Waals surface area contributed by atoms with Gasteiger partial charge in [0.1, 0.15) is 18.1 Å². The summed E-state index contributed by atoms with van der Waals surface area (Å²) >= 11 is 6.09. The van der Waals surface area contributed by atoms with Crippen LogP contribution in [-0.4, -0.2) is 22.5 Å². The van der Waals surface area contributed by atoms with E-state index < -0.39 is 0 Å². The van der Waals surface area contributed by atoms with Crippen LogP contribution in [0.15, 0.2) is 59.0 Å². The Morgan fingerprint density at radius 1 is 1.12 bits per heavy atom. The molecule has 4 aromatic rings. The van der Waals surface area contributed by atoms with E-state index in [2.05, 4.69) is 10.4 Å². The van der Waals surface area contributed by atoms with Crippen molar-refractivity contribution in [2.75, 3.05) is 12.1 Å². The van der Waals surface area contributed by atoms with E-state index >= 15 is 0 Å². The zero-order valence-corrected chi connectivity index (χ0v) is 19.4. The van der Waals surface area contributed by atoms with Crippen LogP contribution in [0, 0.1) is 13.8 Å². The summed E-state index contributed by atoms with van der Waals surface area (Å²) in [6.07, 6.45) is 0. The Morgan fingerprint density at radius 3 is 2.82 bits per heavy atom. The second kappa shape index (κ2) is 9.15. The van der Waals surface area contributed by atoms with Gasteiger partial charge in [-0.2, -0.15) is 5.10 Å². The van der Waals surface area contributed by atoms with E-state index in [9.17, 15) is 4.79 Å². The lowest BCUT2D eigenvalue weighted by Crippen LogP contribution is -2.12. The van der Waals surface area contributed by atoms with Crippen molar-refractivity contribution in [1.82, 2.24) is 9.78 Å². The summed E-state index contributed by atoms with van der Waals surface area (Å²) in [5.74, 6) is 2.29. The topological polar surface area (TPSA) is 87.8 Å². The molecular formula is C25H22ClN3O5. The van der Waals surface area contributed by atoms with Gasteiger partial charge in [-0.1, -0.05) is 23.7 Å². The molecular weight excluding hydrogens is 458 g/mol. The number of hydrogen-bond donors (Lipinski definition) is 1. The molecule has 0 unspecified atom stereocenters. The van der Waals surface area contributed by atoms with E-state index in [4.69, 9.17) is 30.2 Å². The highest BCUT2D eigenvalue weighted by atomic mass is 35.5. The Labute approximate surface area is 201 Å². The highest BCUT2D eigenvalue weighted by Gasteiger charge is 2.19. The Balaban J connectivity index is 1.23. The molecule has 0 spiro atoms. The number of aryl methyl sites for hydroxylation is 1. The van der Waals surface area contributed by atoms with Gasteiger partial charge in [0, 0.05) is 11.1 Å². The zero-order valence-electron chi connectivity index (χ0n) is 18.6. The molecule has 1 aliphatic heterocycles. The van der Waals surface area contributed by atoms with Gasteiger partial charge < -0.3 is 23.9 Å². The van der Waals surface area contributed by atoms with Crippen LogP contribution in [0.5, 0.6) is 17.2 Å². The van der Waals surface area contributed by atoms with Crippen molar-refractivity contribution in [3.63, 3.8) is 0 Å². The number of nitrogens with zero attached hydrogens (tertiary/aromatic N) is 2. The molecule has 0 radical (unpaired) electrons. The minimum absolute atomic E-state index is 0.169. The van der Waals surface area contributed by atoms with Crippen LogP contribution in [0.4, 0.5) is 5.69 Å². The molecule has 3 heterocycles. The zero-order chi connectivity index (χ0) is 23.7. The summed E-state index contributed by atoms with van der Waals surface area (Å²) in [6, 6.07) is 16.3. The highest BCUT2D eigenvalue weighted by Crippen LogP contribution is 2.35. The molecule has 1 aliphatic rings. The average Bonchev–Trinajstić information content (AvgIpc) is 3.54. The fourth-order valence-electron chi connectivity index (χ4n) is 3.71. The van der Waals surface area contributed by atoms with Crippen LogP contribution in [0.3, 0.4) is 0 Å². The number of rotatable bonds is 7. The molecule has 5 rings (SSSR count). The molecule has 174 valence electrons. The van der Waals surface area contributed by atoms with E-state index in [-0.39, 0.29) is 25.1 Å². The van der Waals surface area contributed by atoms with E-state index in [0.717, 1.165) is 11.3 Å². The van der Waals surface area contributed by atoms with Crippen molar-refractivity contribution < 1.29 is 23.4 Å². The molecule has 1 amide bonds. The van der Waals surface area contributed by atoms with Crippen LogP contribution >= 0.6 is 11.6 Å². The molecule has 1 N–H and O–H groups in total. The van der Waals surface area contributed by atoms with Crippen molar-refractivity contribution in [1.29, 1.82) is 0 Å². The predicted molar refractivity (Wildman–Crippen MR) is 126 cm³/mol. The monoisotopic (exact) mass is 479 g/mol. The van der Waals surface area contributed by atoms with Gasteiger partial charge in [-0.25, -0.2) is 0 Å². The number of ether oxygens (including phenoxy) is 3. The molecule has 0 saturated heterocycles. The molecule has 2 aromatic heterocycles. The Kier molecular flexibility index (Phi) is 5.90. The van der Waals surface area contributed by atoms with Crippen LogP contribution in [0.2, 0.25) is 5.02 Å². The first-order chi connectivity index (χ1) is 16.5. The third kappa shape index (κ3) is 4.58. The lowest BCUT2D eigenvalue weighted by atomic mass is 10.2. The summed E-state index contributed by atoms with van der Waals surface area (Å²) in [5.41, 5.74) is 3.23. The van der Waals surface area contributed by atoms with Crippen molar-refractivity contribution in [3.05, 3.63) is 88.1 Å². The van der Waals surface area contributed by atoms with Crippen LogP contribution in [-0.2, 0) is 13.2 Å². The fourth-order valence-corrected chi connectivity index (χ4v) is 3.93. The second-order valence-corrected chi connectivity index (χ2v) is 8.29. The predicted octanol–water partition coefficient (Wildman–Crippen LogP) is 5.35. The SMILES string of the molecule is Cc1nn(Cc2cccc(Cl)c2)c(C)c1NC(=O)c1ccc(COc2ccc3c(c2)OCO3)o1. The third-order valence-corrected chi connectivity index (χ3v) is 5.69. The molecule has 0 atom stereocenters. The molecule has 0 saturated carbocycles. The number of fused-ring (bicyclic) bond motifs is 1. The van der Waals surface area contributed by atoms with Crippen molar-refractivity contribution in [3.8, 4) is 17.2 Å². The van der Waals surface area contributed by atoms with Gasteiger partial charge in [0.05, 0.1) is 23.6 Å². The van der Waals surface area contributed by atoms with E-state index in [1.165, 1.54) is 0 Å². The summed E-state index contributed by atoms with van der Waals surface area (Å²) in [7, 11) is 0. The molecule has 0 bridgehead atoms. The number of anilines is 1. The molecule has 2 aromatic carbocycles. The molecule has 0 fully saturated rings. The Bertz CT molecular complexity index is 1360. The average molecular weight is 480 g/mol.